The van der Waals surface area contributed by atoms with E-state index in [2.05, 4.69) is 10.1 Å². The second-order valence-electron chi connectivity index (χ2n) is 6.88. The fourth-order valence-corrected chi connectivity index (χ4v) is 2.87. The van der Waals surface area contributed by atoms with Crippen LogP contribution < -0.4 is 4.74 Å². The van der Waals surface area contributed by atoms with E-state index in [1.54, 1.807) is 31.2 Å². The summed E-state index contributed by atoms with van der Waals surface area (Å²) in [4.78, 5) is 27.2. The Balaban J connectivity index is 1.45. The maximum absolute atomic E-state index is 13.9. The molecule has 0 amide bonds. The van der Waals surface area contributed by atoms with E-state index in [1.807, 2.05) is 0 Å². The molecule has 0 saturated heterocycles. The molecular weight excluding hydrogens is 379 g/mol. The van der Waals surface area contributed by atoms with Crippen LogP contribution in [-0.2, 0) is 0 Å². The molecule has 1 atom stereocenters. The minimum atomic E-state index is -1.35. The first kappa shape index (κ1) is 18.8. The third-order valence-electron chi connectivity index (χ3n) is 4.65. The van der Waals surface area contributed by atoms with Crippen molar-refractivity contribution in [2.45, 2.75) is 25.9 Å². The summed E-state index contributed by atoms with van der Waals surface area (Å²) in [6, 6.07) is 10.5. The highest BCUT2D eigenvalue weighted by molar-refractivity contribution is 5.99. The molecule has 7 nitrogen and oxygen atoms in total. The highest BCUT2D eigenvalue weighted by atomic mass is 19.1. The molecule has 3 aromatic rings. The number of Topliss-reactive ketones (excluding diaryl/α,β-unsaturated/α-hetero) is 1. The molecule has 1 aliphatic rings. The van der Waals surface area contributed by atoms with Gasteiger partial charge in [-0.2, -0.15) is 4.98 Å². The van der Waals surface area contributed by atoms with Gasteiger partial charge in [-0.25, -0.2) is 9.18 Å². The quantitative estimate of drug-likeness (QED) is 0.594. The van der Waals surface area contributed by atoms with Crippen molar-refractivity contribution in [1.82, 2.24) is 10.1 Å². The average molecular weight is 396 g/mol. The van der Waals surface area contributed by atoms with Gasteiger partial charge in [0.2, 0.25) is 5.82 Å². The van der Waals surface area contributed by atoms with Crippen LogP contribution in [0.25, 0.3) is 11.5 Å². The van der Waals surface area contributed by atoms with Crippen LogP contribution in [-0.4, -0.2) is 27.0 Å². The molecule has 1 N–H and O–H groups in total. The predicted octanol–water partition coefficient (Wildman–Crippen LogP) is 4.31. The topological polar surface area (TPSA) is 103 Å². The highest BCUT2D eigenvalue weighted by Gasteiger charge is 2.30. The number of hydrogen-bond donors (Lipinski definition) is 1. The summed E-state index contributed by atoms with van der Waals surface area (Å²) in [5.41, 5.74) is 0.497. The molecule has 0 aliphatic heterocycles. The van der Waals surface area contributed by atoms with Gasteiger partial charge in [-0.05, 0) is 62.2 Å². The number of rotatable bonds is 7. The van der Waals surface area contributed by atoms with Crippen molar-refractivity contribution >= 4 is 11.8 Å². The molecule has 1 saturated carbocycles. The molecule has 8 heteroatoms. The molecule has 1 heterocycles. The van der Waals surface area contributed by atoms with Gasteiger partial charge in [0.1, 0.15) is 11.6 Å². The lowest BCUT2D eigenvalue weighted by molar-refractivity contribution is 0.0691. The van der Waals surface area contributed by atoms with E-state index in [1.165, 1.54) is 6.07 Å². The Morgan fingerprint density at radius 3 is 2.55 bits per heavy atom. The number of hydrogen-bond acceptors (Lipinski definition) is 6. The zero-order chi connectivity index (χ0) is 20.5. The first-order valence-electron chi connectivity index (χ1n) is 9.10. The maximum atomic E-state index is 13.9. The average Bonchev–Trinajstić information content (AvgIpc) is 3.43. The van der Waals surface area contributed by atoms with Crippen LogP contribution in [0.3, 0.4) is 0 Å². The number of halogens is 1. The summed E-state index contributed by atoms with van der Waals surface area (Å²) in [5.74, 6) is -1.07. The smallest absolute Gasteiger partial charge is 0.338 e. The van der Waals surface area contributed by atoms with Crippen molar-refractivity contribution in [2.75, 3.05) is 0 Å². The van der Waals surface area contributed by atoms with E-state index in [4.69, 9.17) is 14.4 Å². The van der Waals surface area contributed by atoms with Crippen LogP contribution >= 0.6 is 0 Å². The molecule has 148 valence electrons. The molecule has 1 fully saturated rings. The Bertz CT molecular complexity index is 1070. The van der Waals surface area contributed by atoms with E-state index < -0.39 is 23.5 Å². The number of nitrogens with zero attached hydrogens (tertiary/aromatic N) is 2. The molecule has 0 spiro atoms. The molecule has 2 aromatic carbocycles. The van der Waals surface area contributed by atoms with Gasteiger partial charge in [0.15, 0.2) is 11.9 Å². The lowest BCUT2D eigenvalue weighted by Crippen LogP contribution is -2.06. The van der Waals surface area contributed by atoms with Gasteiger partial charge in [0, 0.05) is 17.0 Å². The number of carbonyl (C=O) groups is 2. The Labute approximate surface area is 165 Å². The highest BCUT2D eigenvalue weighted by Crippen LogP contribution is 2.33. The maximum Gasteiger partial charge on any atom is 0.338 e. The minimum absolute atomic E-state index is 0.0525. The van der Waals surface area contributed by atoms with E-state index >= 15 is 0 Å². The zero-order valence-corrected chi connectivity index (χ0v) is 15.5. The second kappa shape index (κ2) is 7.46. The Kier molecular flexibility index (Phi) is 4.84. The van der Waals surface area contributed by atoms with E-state index in [-0.39, 0.29) is 29.0 Å². The largest absolute Gasteiger partial charge is 0.483 e. The summed E-state index contributed by atoms with van der Waals surface area (Å²) in [6.45, 7) is 1.73. The molecule has 4 rings (SSSR count). The van der Waals surface area contributed by atoms with E-state index in [0.717, 1.165) is 25.0 Å². The Hall–Kier alpha value is -3.55. The van der Waals surface area contributed by atoms with Gasteiger partial charge in [0.25, 0.3) is 5.89 Å². The molecule has 1 aliphatic carbocycles. The van der Waals surface area contributed by atoms with Gasteiger partial charge < -0.3 is 14.4 Å². The fraction of sp³-hybridized carbons (Fsp3) is 0.238. The van der Waals surface area contributed by atoms with Gasteiger partial charge in [0.05, 0.1) is 5.56 Å². The SMILES string of the molecule is CC(Oc1ccc(C(=O)C2CC2)cc1)c1noc(-c2ccc(C(=O)O)c(F)c2)n1. The number of carboxylic acid groups (broad SMARTS) is 1. The lowest BCUT2D eigenvalue weighted by Gasteiger charge is -2.11. The number of ether oxygens (including phenoxy) is 1. The van der Waals surface area contributed by atoms with Crippen LogP contribution in [0.5, 0.6) is 5.75 Å². The van der Waals surface area contributed by atoms with Crippen LogP contribution in [0.1, 0.15) is 52.4 Å². The summed E-state index contributed by atoms with van der Waals surface area (Å²) in [5, 5.41) is 12.7. The van der Waals surface area contributed by atoms with Crippen molar-refractivity contribution in [3.8, 4) is 17.2 Å². The number of aromatic nitrogens is 2. The van der Waals surface area contributed by atoms with Crippen molar-refractivity contribution in [3.63, 3.8) is 0 Å². The number of aromatic carboxylic acids is 1. The standard InChI is InChI=1S/C21H17FN2O5/c1-11(28-15-7-4-13(5-8-15)18(25)12-2-3-12)19-23-20(29-24-19)14-6-9-16(21(26)27)17(22)10-14/h4-12H,2-3H2,1H3,(H,26,27). The molecule has 0 radical (unpaired) electrons. The zero-order valence-electron chi connectivity index (χ0n) is 15.5. The van der Waals surface area contributed by atoms with Crippen LogP contribution in [0, 0.1) is 11.7 Å². The third-order valence-corrected chi connectivity index (χ3v) is 4.65. The van der Waals surface area contributed by atoms with Gasteiger partial charge >= 0.3 is 5.97 Å². The summed E-state index contributed by atoms with van der Waals surface area (Å²) >= 11 is 0. The molecule has 1 aromatic heterocycles. The van der Waals surface area contributed by atoms with Crippen LogP contribution in [0.15, 0.2) is 47.0 Å². The number of ketones is 1. The monoisotopic (exact) mass is 396 g/mol. The number of carboxylic acids is 1. The number of benzene rings is 2. The second-order valence-corrected chi connectivity index (χ2v) is 6.88. The van der Waals surface area contributed by atoms with E-state index in [9.17, 15) is 14.0 Å². The lowest BCUT2D eigenvalue weighted by atomic mass is 10.1. The summed E-state index contributed by atoms with van der Waals surface area (Å²) in [6.07, 6.45) is 1.36. The van der Waals surface area contributed by atoms with Crippen LogP contribution in [0.4, 0.5) is 4.39 Å². The first-order chi connectivity index (χ1) is 13.9. The Morgan fingerprint density at radius 1 is 1.21 bits per heavy atom. The number of carbonyl (C=O) groups excluding carboxylic acids is 1. The van der Waals surface area contributed by atoms with E-state index in [0.29, 0.717) is 11.3 Å². The molecule has 1 unspecified atom stereocenters. The van der Waals surface area contributed by atoms with Crippen molar-refractivity contribution in [1.29, 1.82) is 0 Å². The third kappa shape index (κ3) is 4.01. The molecule has 29 heavy (non-hydrogen) atoms. The summed E-state index contributed by atoms with van der Waals surface area (Å²) < 4.78 is 24.8. The molecule has 0 bridgehead atoms. The normalized spacial score (nSPS) is 14.4. The minimum Gasteiger partial charge on any atom is -0.483 e. The summed E-state index contributed by atoms with van der Waals surface area (Å²) in [7, 11) is 0. The van der Waals surface area contributed by atoms with Crippen molar-refractivity contribution in [2.24, 2.45) is 5.92 Å². The fourth-order valence-electron chi connectivity index (χ4n) is 2.87. The van der Waals surface area contributed by atoms with Crippen molar-refractivity contribution < 1.29 is 28.3 Å². The predicted molar refractivity (Wildman–Crippen MR) is 99.2 cm³/mol. The van der Waals surface area contributed by atoms with Gasteiger partial charge in [-0.15, -0.1) is 0 Å². The molecular formula is C21H17FN2O5. The van der Waals surface area contributed by atoms with Gasteiger partial charge in [-0.3, -0.25) is 4.79 Å². The van der Waals surface area contributed by atoms with Crippen molar-refractivity contribution in [3.05, 3.63) is 65.2 Å². The van der Waals surface area contributed by atoms with Gasteiger partial charge in [-0.1, -0.05) is 5.16 Å². The Morgan fingerprint density at radius 2 is 1.93 bits per heavy atom. The van der Waals surface area contributed by atoms with Crippen LogP contribution in [0.2, 0.25) is 0 Å². The first-order valence-corrected chi connectivity index (χ1v) is 9.10.